The van der Waals surface area contributed by atoms with Gasteiger partial charge in [-0.2, -0.15) is 0 Å². The highest BCUT2D eigenvalue weighted by atomic mass is 32.1. The summed E-state index contributed by atoms with van der Waals surface area (Å²) in [6.45, 7) is 5.72. The lowest BCUT2D eigenvalue weighted by Crippen LogP contribution is -2.39. The van der Waals surface area contributed by atoms with Crippen LogP contribution in [0.15, 0.2) is 0 Å². The molecule has 0 aromatic carbocycles. The fraction of sp³-hybridized carbons (Fsp3) is 0.600. The third kappa shape index (κ3) is 3.23. The molecule has 1 rings (SSSR count). The molecule has 0 aliphatic carbocycles. The molecule has 1 N–H and O–H groups in total. The SMILES string of the molecule is CCN(C(=O)c1snnc1C)C(C)CC(=O)O. The van der Waals surface area contributed by atoms with Crippen molar-refractivity contribution < 1.29 is 14.7 Å². The third-order valence-corrected chi connectivity index (χ3v) is 3.27. The van der Waals surface area contributed by atoms with E-state index in [-0.39, 0.29) is 18.4 Å². The number of carboxylic acid groups (broad SMARTS) is 1. The molecule has 0 fully saturated rings. The second-order valence-electron chi connectivity index (χ2n) is 3.73. The van der Waals surface area contributed by atoms with Gasteiger partial charge in [-0.15, -0.1) is 5.10 Å². The van der Waals surface area contributed by atoms with E-state index < -0.39 is 5.97 Å². The van der Waals surface area contributed by atoms with Gasteiger partial charge in [0.1, 0.15) is 4.88 Å². The summed E-state index contributed by atoms with van der Waals surface area (Å²) in [5.74, 6) is -1.11. The first kappa shape index (κ1) is 13.6. The summed E-state index contributed by atoms with van der Waals surface area (Å²) in [6.07, 6.45) is -0.0646. The monoisotopic (exact) mass is 257 g/mol. The van der Waals surface area contributed by atoms with Gasteiger partial charge < -0.3 is 10.0 Å². The van der Waals surface area contributed by atoms with E-state index in [2.05, 4.69) is 9.59 Å². The summed E-state index contributed by atoms with van der Waals surface area (Å²) < 4.78 is 3.71. The number of aliphatic carboxylic acids is 1. The molecule has 17 heavy (non-hydrogen) atoms. The first-order valence-electron chi connectivity index (χ1n) is 5.29. The summed E-state index contributed by atoms with van der Waals surface area (Å²) in [5.41, 5.74) is 0.584. The Bertz CT molecular complexity index is 419. The van der Waals surface area contributed by atoms with Gasteiger partial charge in [-0.05, 0) is 32.3 Å². The molecule has 0 bridgehead atoms. The molecule has 1 aromatic heterocycles. The average molecular weight is 257 g/mol. The Hall–Kier alpha value is -1.50. The van der Waals surface area contributed by atoms with Crippen LogP contribution in [0, 0.1) is 6.92 Å². The van der Waals surface area contributed by atoms with Gasteiger partial charge in [-0.1, -0.05) is 4.49 Å². The number of hydrogen-bond acceptors (Lipinski definition) is 5. The number of rotatable bonds is 5. The molecule has 1 aromatic rings. The average Bonchev–Trinajstić information content (AvgIpc) is 2.64. The molecular weight excluding hydrogens is 242 g/mol. The second-order valence-corrected chi connectivity index (χ2v) is 4.48. The van der Waals surface area contributed by atoms with Crippen molar-refractivity contribution in [2.24, 2.45) is 0 Å². The van der Waals surface area contributed by atoms with Crippen molar-refractivity contribution in [1.82, 2.24) is 14.5 Å². The van der Waals surface area contributed by atoms with Gasteiger partial charge in [-0.25, -0.2) is 0 Å². The second kappa shape index (κ2) is 5.72. The summed E-state index contributed by atoms with van der Waals surface area (Å²) in [7, 11) is 0. The van der Waals surface area contributed by atoms with Crippen molar-refractivity contribution >= 4 is 23.4 Å². The number of carbonyl (C=O) groups excluding carboxylic acids is 1. The van der Waals surface area contributed by atoms with E-state index in [1.165, 1.54) is 4.90 Å². The smallest absolute Gasteiger partial charge is 0.305 e. The molecule has 7 heteroatoms. The zero-order valence-electron chi connectivity index (χ0n) is 10.0. The van der Waals surface area contributed by atoms with Gasteiger partial charge in [0.05, 0.1) is 12.1 Å². The number of carboxylic acids is 1. The van der Waals surface area contributed by atoms with Crippen LogP contribution in [0.5, 0.6) is 0 Å². The van der Waals surface area contributed by atoms with Crippen molar-refractivity contribution in [1.29, 1.82) is 0 Å². The molecule has 0 radical (unpaired) electrons. The van der Waals surface area contributed by atoms with Crippen molar-refractivity contribution in [3.8, 4) is 0 Å². The Morgan fingerprint density at radius 1 is 1.53 bits per heavy atom. The van der Waals surface area contributed by atoms with Crippen LogP contribution in [0.2, 0.25) is 0 Å². The van der Waals surface area contributed by atoms with E-state index in [1.54, 1.807) is 13.8 Å². The zero-order valence-corrected chi connectivity index (χ0v) is 10.8. The molecule has 0 spiro atoms. The normalized spacial score (nSPS) is 12.2. The van der Waals surface area contributed by atoms with Gasteiger partial charge >= 0.3 is 5.97 Å². The van der Waals surface area contributed by atoms with E-state index >= 15 is 0 Å². The highest BCUT2D eigenvalue weighted by molar-refractivity contribution is 7.07. The third-order valence-electron chi connectivity index (χ3n) is 2.45. The Balaban J connectivity index is 2.84. The molecule has 94 valence electrons. The van der Waals surface area contributed by atoms with Crippen LogP contribution in [0.4, 0.5) is 0 Å². The van der Waals surface area contributed by atoms with Crippen LogP contribution in [-0.2, 0) is 4.79 Å². The zero-order chi connectivity index (χ0) is 13.0. The highest BCUT2D eigenvalue weighted by Gasteiger charge is 2.24. The molecule has 6 nitrogen and oxygen atoms in total. The Labute approximate surface area is 103 Å². The molecule has 1 heterocycles. The number of amides is 1. The maximum Gasteiger partial charge on any atom is 0.305 e. The van der Waals surface area contributed by atoms with Crippen molar-refractivity contribution in [3.63, 3.8) is 0 Å². The minimum Gasteiger partial charge on any atom is -0.481 e. The van der Waals surface area contributed by atoms with Crippen LogP contribution in [0.25, 0.3) is 0 Å². The van der Waals surface area contributed by atoms with Gasteiger partial charge in [-0.3, -0.25) is 9.59 Å². The first-order chi connectivity index (χ1) is 7.97. The molecule has 0 aliphatic heterocycles. The van der Waals surface area contributed by atoms with Crippen LogP contribution >= 0.6 is 11.5 Å². The predicted octanol–water partition coefficient (Wildman–Crippen LogP) is 1.17. The lowest BCUT2D eigenvalue weighted by atomic mass is 10.2. The molecule has 1 amide bonds. The maximum absolute atomic E-state index is 12.1. The molecular formula is C10H15N3O3S. The quantitative estimate of drug-likeness (QED) is 0.856. The fourth-order valence-corrected chi connectivity index (χ4v) is 2.19. The molecule has 0 saturated carbocycles. The van der Waals surface area contributed by atoms with Crippen molar-refractivity contribution in [2.45, 2.75) is 33.2 Å². The van der Waals surface area contributed by atoms with E-state index in [1.807, 2.05) is 6.92 Å². The van der Waals surface area contributed by atoms with Gasteiger partial charge in [0.15, 0.2) is 0 Å². The summed E-state index contributed by atoms with van der Waals surface area (Å²) in [5, 5.41) is 12.5. The topological polar surface area (TPSA) is 83.4 Å². The number of hydrogen-bond donors (Lipinski definition) is 1. The van der Waals surface area contributed by atoms with Gasteiger partial charge in [0.25, 0.3) is 5.91 Å². The standard InChI is InChI=1S/C10H15N3O3S/c1-4-13(6(2)5-8(14)15)10(16)9-7(3)11-12-17-9/h6H,4-5H2,1-3H3,(H,14,15). The first-order valence-corrected chi connectivity index (χ1v) is 6.06. The number of aryl methyl sites for hydroxylation is 1. The van der Waals surface area contributed by atoms with Gasteiger partial charge in [0.2, 0.25) is 0 Å². The Kier molecular flexibility index (Phi) is 4.56. The van der Waals surface area contributed by atoms with Crippen molar-refractivity contribution in [2.75, 3.05) is 6.54 Å². The summed E-state index contributed by atoms with van der Waals surface area (Å²) >= 11 is 1.04. The highest BCUT2D eigenvalue weighted by Crippen LogP contribution is 2.15. The molecule has 1 unspecified atom stereocenters. The number of aromatic nitrogens is 2. The van der Waals surface area contributed by atoms with E-state index in [9.17, 15) is 9.59 Å². The minimum atomic E-state index is -0.914. The predicted molar refractivity (Wildman–Crippen MR) is 63.1 cm³/mol. The van der Waals surface area contributed by atoms with E-state index in [4.69, 9.17) is 5.11 Å². The lowest BCUT2D eigenvalue weighted by molar-refractivity contribution is -0.138. The lowest BCUT2D eigenvalue weighted by Gasteiger charge is -2.26. The van der Waals surface area contributed by atoms with Crippen LogP contribution in [0.1, 0.15) is 35.6 Å². The number of nitrogens with zero attached hydrogens (tertiary/aromatic N) is 3. The van der Waals surface area contributed by atoms with E-state index in [0.29, 0.717) is 17.1 Å². The number of carbonyl (C=O) groups is 2. The Morgan fingerprint density at radius 2 is 2.18 bits per heavy atom. The summed E-state index contributed by atoms with van der Waals surface area (Å²) in [4.78, 5) is 24.8. The van der Waals surface area contributed by atoms with Crippen molar-refractivity contribution in [3.05, 3.63) is 10.6 Å². The van der Waals surface area contributed by atoms with Crippen LogP contribution < -0.4 is 0 Å². The molecule has 0 aliphatic rings. The Morgan fingerprint density at radius 3 is 2.59 bits per heavy atom. The molecule has 0 saturated heterocycles. The molecule has 1 atom stereocenters. The maximum atomic E-state index is 12.1. The van der Waals surface area contributed by atoms with Crippen LogP contribution in [0.3, 0.4) is 0 Å². The summed E-state index contributed by atoms with van der Waals surface area (Å²) in [6, 6.07) is -0.341. The fourth-order valence-electron chi connectivity index (χ4n) is 1.58. The minimum absolute atomic E-state index is 0.0646. The van der Waals surface area contributed by atoms with Crippen LogP contribution in [-0.4, -0.2) is 44.1 Å². The van der Waals surface area contributed by atoms with E-state index in [0.717, 1.165) is 11.5 Å². The van der Waals surface area contributed by atoms with Gasteiger partial charge in [0, 0.05) is 12.6 Å². The largest absolute Gasteiger partial charge is 0.481 e.